The van der Waals surface area contributed by atoms with E-state index in [0.29, 0.717) is 18.3 Å². The van der Waals surface area contributed by atoms with Crippen LogP contribution in [0.15, 0.2) is 42.4 Å². The molecule has 7 heteroatoms. The quantitative estimate of drug-likeness (QED) is 0.174. The molecule has 0 saturated carbocycles. The summed E-state index contributed by atoms with van der Waals surface area (Å²) in [6, 6.07) is 7.11. The van der Waals surface area contributed by atoms with Gasteiger partial charge in [0.1, 0.15) is 5.01 Å². The predicted octanol–water partition coefficient (Wildman–Crippen LogP) is 8.39. The van der Waals surface area contributed by atoms with Crippen molar-refractivity contribution >= 4 is 28.7 Å². The molecule has 0 saturated heterocycles. The fourth-order valence-corrected chi connectivity index (χ4v) is 6.37. The highest BCUT2D eigenvalue weighted by Crippen LogP contribution is 2.33. The summed E-state index contributed by atoms with van der Waals surface area (Å²) in [5.74, 6) is 0.593. The van der Waals surface area contributed by atoms with Gasteiger partial charge in [0.25, 0.3) is 0 Å². The molecule has 0 aliphatic heterocycles. The highest BCUT2D eigenvalue weighted by atomic mass is 32.1. The van der Waals surface area contributed by atoms with Gasteiger partial charge in [-0.15, -0.1) is 11.3 Å². The number of carbonyl (C=O) groups excluding carboxylic acids is 1. The number of thiazole rings is 1. The molecule has 2 rings (SSSR count). The standard InChI is InChI=1S/C35H56N4O2S/c1-13-14-15-26(7)39(12)32(24(4)5)21-34(41-28(9)40)35-37-31(22-42-35)27(8)36-30(18-23(2)3)19-29-17-16-25(6)33(20-29)38(10)11/h16-17,20,22-24,30,32,34,36H,7-8,13-15,18-19,21H2,1-6,9-12H3. The van der Waals surface area contributed by atoms with Crippen LogP contribution in [-0.2, 0) is 16.0 Å². The number of anilines is 1. The minimum absolute atomic E-state index is 0.171. The van der Waals surface area contributed by atoms with Crippen molar-refractivity contribution in [3.63, 3.8) is 0 Å². The van der Waals surface area contributed by atoms with Crippen LogP contribution in [0.3, 0.4) is 0 Å². The van der Waals surface area contributed by atoms with Gasteiger partial charge in [0.05, 0.1) is 11.4 Å². The molecule has 0 aliphatic carbocycles. The summed E-state index contributed by atoms with van der Waals surface area (Å²) in [5, 5.41) is 6.52. The first-order valence-electron chi connectivity index (χ1n) is 15.5. The molecule has 2 aromatic rings. The van der Waals surface area contributed by atoms with E-state index < -0.39 is 6.10 Å². The molecule has 1 aromatic heterocycles. The van der Waals surface area contributed by atoms with E-state index in [1.807, 2.05) is 5.38 Å². The number of nitrogens with zero attached hydrogens (tertiary/aromatic N) is 3. The number of carbonyl (C=O) groups is 1. The normalized spacial score (nSPS) is 13.5. The zero-order valence-electron chi connectivity index (χ0n) is 27.9. The van der Waals surface area contributed by atoms with Crippen molar-refractivity contribution in [2.24, 2.45) is 11.8 Å². The van der Waals surface area contributed by atoms with Gasteiger partial charge in [-0.3, -0.25) is 4.79 Å². The third-order valence-electron chi connectivity index (χ3n) is 7.83. The maximum atomic E-state index is 12.2. The van der Waals surface area contributed by atoms with Gasteiger partial charge in [-0.2, -0.15) is 0 Å². The maximum absolute atomic E-state index is 12.2. The number of aromatic nitrogens is 1. The van der Waals surface area contributed by atoms with Crippen LogP contribution in [0, 0.1) is 18.8 Å². The van der Waals surface area contributed by atoms with Gasteiger partial charge in [0.2, 0.25) is 0 Å². The molecule has 0 aliphatic rings. The molecule has 0 amide bonds. The van der Waals surface area contributed by atoms with Crippen LogP contribution in [-0.4, -0.2) is 49.1 Å². The highest BCUT2D eigenvalue weighted by Gasteiger charge is 2.29. The lowest BCUT2D eigenvalue weighted by Gasteiger charge is -2.36. The van der Waals surface area contributed by atoms with Gasteiger partial charge in [-0.05, 0) is 61.6 Å². The molecule has 1 N–H and O–H groups in total. The van der Waals surface area contributed by atoms with Crippen molar-refractivity contribution in [2.75, 3.05) is 26.0 Å². The zero-order valence-corrected chi connectivity index (χ0v) is 28.7. The van der Waals surface area contributed by atoms with Gasteiger partial charge < -0.3 is 19.9 Å². The van der Waals surface area contributed by atoms with E-state index in [1.54, 1.807) is 0 Å². The Balaban J connectivity index is 2.24. The number of rotatable bonds is 18. The van der Waals surface area contributed by atoms with Crippen molar-refractivity contribution in [3.8, 4) is 0 Å². The number of esters is 1. The molecule has 0 radical (unpaired) electrons. The van der Waals surface area contributed by atoms with E-state index in [9.17, 15) is 4.79 Å². The summed E-state index contributed by atoms with van der Waals surface area (Å²) in [7, 11) is 6.28. The van der Waals surface area contributed by atoms with Gasteiger partial charge in [0, 0.05) is 63.3 Å². The monoisotopic (exact) mass is 596 g/mol. The Labute approximate surface area is 260 Å². The molecule has 0 bridgehead atoms. The zero-order chi connectivity index (χ0) is 31.6. The van der Waals surface area contributed by atoms with E-state index in [1.165, 1.54) is 35.1 Å². The van der Waals surface area contributed by atoms with E-state index >= 15 is 0 Å². The van der Waals surface area contributed by atoms with E-state index in [2.05, 4.69) is 109 Å². The molecular weight excluding hydrogens is 540 g/mol. The Hall–Kier alpha value is -2.80. The summed E-state index contributed by atoms with van der Waals surface area (Å²) in [6.45, 7) is 23.5. The molecule has 3 atom stereocenters. The SMILES string of the molecule is C=C(NC(Cc1ccc(C)c(N(C)C)c1)CC(C)C)c1csc(C(CC(C(C)C)N(C)C(=C)CCCC)OC(C)=O)n1. The minimum Gasteiger partial charge on any atom is -0.455 e. The van der Waals surface area contributed by atoms with Crippen molar-refractivity contribution < 1.29 is 9.53 Å². The van der Waals surface area contributed by atoms with Crippen molar-refractivity contribution in [2.45, 2.75) is 105 Å². The van der Waals surface area contributed by atoms with Crippen LogP contribution in [0.4, 0.5) is 5.69 Å². The number of nitrogens with one attached hydrogen (secondary N) is 1. The molecular formula is C35H56N4O2S. The lowest BCUT2D eigenvalue weighted by atomic mass is 9.95. The van der Waals surface area contributed by atoms with Crippen LogP contribution >= 0.6 is 11.3 Å². The summed E-state index contributed by atoms with van der Waals surface area (Å²) in [6.07, 6.45) is 5.37. The van der Waals surface area contributed by atoms with Gasteiger partial charge in [-0.1, -0.05) is 66.3 Å². The molecule has 42 heavy (non-hydrogen) atoms. The Morgan fingerprint density at radius 2 is 1.81 bits per heavy atom. The van der Waals surface area contributed by atoms with E-state index in [0.717, 1.165) is 54.2 Å². The fourth-order valence-electron chi connectivity index (χ4n) is 5.49. The van der Waals surface area contributed by atoms with E-state index in [4.69, 9.17) is 9.72 Å². The number of ether oxygens (including phenoxy) is 1. The maximum Gasteiger partial charge on any atom is 0.303 e. The molecule has 3 unspecified atom stereocenters. The largest absolute Gasteiger partial charge is 0.455 e. The lowest BCUT2D eigenvalue weighted by Crippen LogP contribution is -2.37. The van der Waals surface area contributed by atoms with Crippen molar-refractivity contribution in [1.29, 1.82) is 0 Å². The first kappa shape index (κ1) is 35.4. The molecule has 6 nitrogen and oxygen atoms in total. The average Bonchev–Trinajstić information content (AvgIpc) is 3.40. The van der Waals surface area contributed by atoms with Crippen molar-refractivity contribution in [3.05, 3.63) is 64.3 Å². The fraction of sp³-hybridized carbons (Fsp3) is 0.600. The number of hydrogen-bond acceptors (Lipinski definition) is 7. The van der Waals surface area contributed by atoms with Crippen LogP contribution in [0.25, 0.3) is 5.70 Å². The van der Waals surface area contributed by atoms with Crippen LogP contribution in [0.1, 0.15) is 102 Å². The smallest absolute Gasteiger partial charge is 0.303 e. The molecule has 234 valence electrons. The number of unbranched alkanes of at least 4 members (excludes halogenated alkanes) is 1. The van der Waals surface area contributed by atoms with Gasteiger partial charge in [0.15, 0.2) is 6.10 Å². The summed E-state index contributed by atoms with van der Waals surface area (Å²) >= 11 is 1.53. The third-order valence-corrected chi connectivity index (χ3v) is 8.76. The van der Waals surface area contributed by atoms with Gasteiger partial charge in [-0.25, -0.2) is 4.98 Å². The first-order valence-corrected chi connectivity index (χ1v) is 16.4. The summed E-state index contributed by atoms with van der Waals surface area (Å²) in [4.78, 5) is 21.6. The lowest BCUT2D eigenvalue weighted by molar-refractivity contribution is -0.147. The second-order valence-corrected chi connectivity index (χ2v) is 13.6. The summed E-state index contributed by atoms with van der Waals surface area (Å²) < 4.78 is 5.87. The second-order valence-electron chi connectivity index (χ2n) is 12.7. The predicted molar refractivity (Wildman–Crippen MR) is 181 cm³/mol. The second kappa shape index (κ2) is 16.7. The minimum atomic E-state index is -0.425. The average molecular weight is 597 g/mol. The molecule has 1 aromatic carbocycles. The Kier molecular flexibility index (Phi) is 14.1. The van der Waals surface area contributed by atoms with Crippen molar-refractivity contribution in [1.82, 2.24) is 15.2 Å². The van der Waals surface area contributed by atoms with Gasteiger partial charge >= 0.3 is 5.97 Å². The van der Waals surface area contributed by atoms with Crippen LogP contribution in [0.2, 0.25) is 0 Å². The van der Waals surface area contributed by atoms with Crippen LogP contribution < -0.4 is 10.2 Å². The topological polar surface area (TPSA) is 57.7 Å². The molecule has 0 fully saturated rings. The third kappa shape index (κ3) is 10.8. The molecule has 0 spiro atoms. The number of hydrogen-bond donors (Lipinski definition) is 1. The Morgan fingerprint density at radius 1 is 1.12 bits per heavy atom. The number of allylic oxidation sites excluding steroid dienone is 1. The molecule has 1 heterocycles. The number of aryl methyl sites for hydroxylation is 1. The first-order chi connectivity index (χ1) is 19.7. The summed E-state index contributed by atoms with van der Waals surface area (Å²) in [5.41, 5.74) is 6.55. The van der Waals surface area contributed by atoms with E-state index in [-0.39, 0.29) is 18.1 Å². The Morgan fingerprint density at radius 3 is 2.38 bits per heavy atom. The number of benzene rings is 1. The Bertz CT molecular complexity index is 1170. The highest BCUT2D eigenvalue weighted by molar-refractivity contribution is 7.09. The van der Waals surface area contributed by atoms with Crippen LogP contribution in [0.5, 0.6) is 0 Å².